The van der Waals surface area contributed by atoms with Crippen LogP contribution in [-0.4, -0.2) is 46.2 Å². The fourth-order valence-electron chi connectivity index (χ4n) is 4.34. The summed E-state index contributed by atoms with van der Waals surface area (Å²) in [6.45, 7) is 2.50. The number of aromatic nitrogens is 2. The number of aliphatic hydroxyl groups excluding tert-OH is 1. The number of carbonyl (C=O) groups excluding carboxylic acids is 1. The predicted octanol–water partition coefficient (Wildman–Crippen LogP) is 5.50. The van der Waals surface area contributed by atoms with E-state index in [2.05, 4.69) is 15.3 Å². The largest absolute Gasteiger partial charge is 0.457 e. The van der Waals surface area contributed by atoms with Gasteiger partial charge in [-0.15, -0.1) is 0 Å². The molecule has 3 heterocycles. The van der Waals surface area contributed by atoms with Gasteiger partial charge in [0, 0.05) is 35.8 Å². The number of aliphatic hydroxyl groups is 1. The lowest BCUT2D eigenvalue weighted by molar-refractivity contribution is -0.0223. The molecular weight excluding hydrogens is 466 g/mol. The summed E-state index contributed by atoms with van der Waals surface area (Å²) in [5, 5.41) is 13.8. The lowest BCUT2D eigenvalue weighted by atomic mass is 10.0. The molecule has 0 aliphatic carbocycles. The summed E-state index contributed by atoms with van der Waals surface area (Å²) in [7, 11) is 0. The van der Waals surface area contributed by atoms with Crippen molar-refractivity contribution in [2.24, 2.45) is 0 Å². The Bertz CT molecular complexity index is 1360. The fraction of sp³-hybridized carbons (Fsp3) is 0.259. The molecule has 180 valence electrons. The summed E-state index contributed by atoms with van der Waals surface area (Å²) in [4.78, 5) is 21.0. The molecule has 1 aliphatic rings. The molecule has 0 radical (unpaired) electrons. The molecule has 0 unspecified atom stereocenters. The molecule has 0 amide bonds. The van der Waals surface area contributed by atoms with Gasteiger partial charge in [0.2, 0.25) is 0 Å². The summed E-state index contributed by atoms with van der Waals surface area (Å²) in [6.07, 6.45) is 4.87. The molecule has 0 saturated carbocycles. The molecule has 1 aliphatic heterocycles. The van der Waals surface area contributed by atoms with E-state index >= 15 is 0 Å². The Morgan fingerprint density at radius 3 is 2.80 bits per heavy atom. The van der Waals surface area contributed by atoms with Gasteiger partial charge in [0.1, 0.15) is 17.1 Å². The topological polar surface area (TPSA) is 96.5 Å². The highest BCUT2D eigenvalue weighted by molar-refractivity contribution is 6.35. The van der Waals surface area contributed by atoms with E-state index in [1.807, 2.05) is 37.3 Å². The third-order valence-electron chi connectivity index (χ3n) is 6.16. The van der Waals surface area contributed by atoms with Crippen LogP contribution in [0.3, 0.4) is 0 Å². The van der Waals surface area contributed by atoms with Crippen molar-refractivity contribution in [3.63, 3.8) is 0 Å². The van der Waals surface area contributed by atoms with Crippen LogP contribution in [0.25, 0.3) is 11.0 Å². The second kappa shape index (κ2) is 10.1. The van der Waals surface area contributed by atoms with Crippen molar-refractivity contribution in [2.75, 3.05) is 18.5 Å². The maximum Gasteiger partial charge on any atom is 0.196 e. The molecule has 3 N–H and O–H groups in total. The molecule has 1 saturated heterocycles. The van der Waals surface area contributed by atoms with Crippen LogP contribution in [0.4, 0.5) is 5.69 Å². The number of halogens is 1. The number of nitrogens with zero attached hydrogens (tertiary/aromatic N) is 1. The summed E-state index contributed by atoms with van der Waals surface area (Å²) in [6, 6.07) is 14.7. The number of fused-ring (bicyclic) bond motifs is 1. The second-order valence-electron chi connectivity index (χ2n) is 8.73. The predicted molar refractivity (Wildman–Crippen MR) is 136 cm³/mol. The number of hydrogen-bond donors (Lipinski definition) is 3. The summed E-state index contributed by atoms with van der Waals surface area (Å²) >= 11 is 6.53. The first-order valence-corrected chi connectivity index (χ1v) is 11.9. The van der Waals surface area contributed by atoms with Gasteiger partial charge in [-0.3, -0.25) is 4.79 Å². The van der Waals surface area contributed by atoms with Crippen molar-refractivity contribution in [1.82, 2.24) is 9.97 Å². The third kappa shape index (κ3) is 5.03. The van der Waals surface area contributed by atoms with Crippen molar-refractivity contribution >= 4 is 34.1 Å². The number of aromatic amines is 1. The molecule has 0 spiro atoms. The number of anilines is 1. The molecule has 4 aromatic rings. The standard InChI is InChI=1S/C27H26ClN3O4/c1-16-3-2-4-18(11-16)35-19-7-8-21(23(28)12-19)26(33)22-13-30-27-25(22)24(9-10-29-27)31-17-5-6-20(14-32)34-15-17/h2-4,7-13,17,20,32H,5-6,14-15H2,1H3,(H2,29,30,31)/t17-,20+/m1/s1. The highest BCUT2D eigenvalue weighted by atomic mass is 35.5. The average molecular weight is 492 g/mol. The van der Waals surface area contributed by atoms with Crippen molar-refractivity contribution < 1.29 is 19.4 Å². The van der Waals surface area contributed by atoms with Crippen molar-refractivity contribution in [2.45, 2.75) is 31.9 Å². The van der Waals surface area contributed by atoms with Crippen molar-refractivity contribution in [3.8, 4) is 11.5 Å². The van der Waals surface area contributed by atoms with Gasteiger partial charge in [-0.1, -0.05) is 23.7 Å². The van der Waals surface area contributed by atoms with Crippen molar-refractivity contribution in [3.05, 3.63) is 82.6 Å². The Kier molecular flexibility index (Phi) is 6.72. The third-order valence-corrected chi connectivity index (χ3v) is 6.47. The van der Waals surface area contributed by atoms with Crippen LogP contribution in [0.2, 0.25) is 5.02 Å². The zero-order valence-electron chi connectivity index (χ0n) is 19.3. The highest BCUT2D eigenvalue weighted by Gasteiger charge is 2.24. The number of ether oxygens (including phenoxy) is 2. The molecule has 2 atom stereocenters. The van der Waals surface area contributed by atoms with Gasteiger partial charge in [0.05, 0.1) is 35.3 Å². The Morgan fingerprint density at radius 1 is 1.20 bits per heavy atom. The number of pyridine rings is 1. The van der Waals surface area contributed by atoms with Crippen LogP contribution >= 0.6 is 11.6 Å². The maximum atomic E-state index is 13.5. The first-order valence-electron chi connectivity index (χ1n) is 11.6. The zero-order valence-corrected chi connectivity index (χ0v) is 20.0. The Balaban J connectivity index is 1.40. The number of hydrogen-bond acceptors (Lipinski definition) is 6. The number of H-pyrrole nitrogens is 1. The fourth-order valence-corrected chi connectivity index (χ4v) is 4.60. The lowest BCUT2D eigenvalue weighted by Crippen LogP contribution is -2.36. The van der Waals surface area contributed by atoms with E-state index < -0.39 is 0 Å². The Morgan fingerprint density at radius 2 is 2.06 bits per heavy atom. The van der Waals surface area contributed by atoms with Gasteiger partial charge in [-0.25, -0.2) is 4.98 Å². The monoisotopic (exact) mass is 491 g/mol. The van der Waals surface area contributed by atoms with Crippen LogP contribution in [0, 0.1) is 6.92 Å². The van der Waals surface area contributed by atoms with E-state index in [1.54, 1.807) is 30.6 Å². The zero-order chi connectivity index (χ0) is 24.4. The van der Waals surface area contributed by atoms with Gasteiger partial charge in [-0.2, -0.15) is 0 Å². The minimum atomic E-state index is -0.209. The van der Waals surface area contributed by atoms with E-state index in [-0.39, 0.29) is 24.5 Å². The lowest BCUT2D eigenvalue weighted by Gasteiger charge is -2.29. The molecule has 7 nitrogen and oxygen atoms in total. The van der Waals surface area contributed by atoms with E-state index in [0.717, 1.165) is 24.1 Å². The molecule has 8 heteroatoms. The SMILES string of the molecule is Cc1cccc(Oc2ccc(C(=O)c3c[nH]c4nccc(N[C@@H]5CC[C@@H](CO)OC5)c34)c(Cl)c2)c1. The average Bonchev–Trinajstić information content (AvgIpc) is 3.30. The summed E-state index contributed by atoms with van der Waals surface area (Å²) < 4.78 is 11.6. The molecular formula is C27H26ClN3O4. The van der Waals surface area contributed by atoms with Crippen molar-refractivity contribution in [1.29, 1.82) is 0 Å². The van der Waals surface area contributed by atoms with Gasteiger partial charge in [0.15, 0.2) is 5.78 Å². The maximum absolute atomic E-state index is 13.5. The number of carbonyl (C=O) groups is 1. The van der Waals surface area contributed by atoms with Gasteiger partial charge in [-0.05, 0) is 55.7 Å². The van der Waals surface area contributed by atoms with E-state index in [4.69, 9.17) is 21.1 Å². The number of benzene rings is 2. The Hall–Kier alpha value is -3.39. The minimum Gasteiger partial charge on any atom is -0.457 e. The molecule has 5 rings (SSSR count). The van der Waals surface area contributed by atoms with Crippen LogP contribution in [0.5, 0.6) is 11.5 Å². The first-order chi connectivity index (χ1) is 17.0. The smallest absolute Gasteiger partial charge is 0.196 e. The molecule has 2 aromatic heterocycles. The van der Waals surface area contributed by atoms with E-state index in [0.29, 0.717) is 45.3 Å². The molecule has 35 heavy (non-hydrogen) atoms. The normalized spacial score (nSPS) is 17.9. The van der Waals surface area contributed by atoms with E-state index in [1.165, 1.54) is 0 Å². The summed E-state index contributed by atoms with van der Waals surface area (Å²) in [5.41, 5.74) is 3.36. The minimum absolute atomic E-state index is 0.0261. The molecule has 0 bridgehead atoms. The van der Waals surface area contributed by atoms with Crippen LogP contribution in [0.1, 0.15) is 34.3 Å². The van der Waals surface area contributed by atoms with Gasteiger partial charge >= 0.3 is 0 Å². The Labute approximate surface area is 208 Å². The molecule has 2 aromatic carbocycles. The van der Waals surface area contributed by atoms with Gasteiger partial charge in [0.25, 0.3) is 0 Å². The number of nitrogens with one attached hydrogen (secondary N) is 2. The number of rotatable bonds is 7. The first kappa shape index (κ1) is 23.4. The second-order valence-corrected chi connectivity index (χ2v) is 9.14. The quantitative estimate of drug-likeness (QED) is 0.295. The van der Waals surface area contributed by atoms with Crippen LogP contribution in [0.15, 0.2) is 60.9 Å². The molecule has 1 fully saturated rings. The number of ketones is 1. The van der Waals surface area contributed by atoms with Crippen LogP contribution in [-0.2, 0) is 4.74 Å². The summed E-state index contributed by atoms with van der Waals surface area (Å²) in [5.74, 6) is 1.05. The number of aryl methyl sites for hydroxylation is 1. The van der Waals surface area contributed by atoms with E-state index in [9.17, 15) is 9.90 Å². The highest BCUT2D eigenvalue weighted by Crippen LogP contribution is 2.32. The van der Waals surface area contributed by atoms with Crippen LogP contribution < -0.4 is 10.1 Å². The van der Waals surface area contributed by atoms with Gasteiger partial charge < -0.3 is 24.9 Å².